The number of hydrogen-bond acceptors (Lipinski definition) is 4. The van der Waals surface area contributed by atoms with Crippen molar-refractivity contribution in [1.29, 1.82) is 0 Å². The first kappa shape index (κ1) is 39.5. The summed E-state index contributed by atoms with van der Waals surface area (Å²) in [4.78, 5) is 15.9. The highest BCUT2D eigenvalue weighted by Crippen LogP contribution is 2.35. The number of furan rings is 1. The molecule has 9 rings (SSSR count). The largest absolute Gasteiger partial charge is 0.456 e. The number of benzene rings is 7. The van der Waals surface area contributed by atoms with Crippen LogP contribution in [0.3, 0.4) is 0 Å². The lowest BCUT2D eigenvalue weighted by atomic mass is 9.58. The third-order valence-electron chi connectivity index (χ3n) is 13.6. The van der Waals surface area contributed by atoms with E-state index in [1.807, 2.05) is 18.2 Å². The molecule has 0 bridgehead atoms. The quantitative estimate of drug-likeness (QED) is 0.159. The lowest BCUT2D eigenvalue weighted by Gasteiger charge is -2.24. The summed E-state index contributed by atoms with van der Waals surface area (Å²) in [5.41, 5.74) is 25.5. The molecular weight excluding hydrogens is 717 g/mol. The van der Waals surface area contributed by atoms with Gasteiger partial charge < -0.3 is 4.42 Å². The Hall–Kier alpha value is -5.94. The summed E-state index contributed by atoms with van der Waals surface area (Å²) < 4.78 is 7.17. The Morgan fingerprint density at radius 2 is 0.633 bits per heavy atom. The van der Waals surface area contributed by atoms with Gasteiger partial charge >= 0.3 is 0 Å². The fourth-order valence-electron chi connectivity index (χ4n) is 9.35. The molecule has 15 heteroatoms. The van der Waals surface area contributed by atoms with E-state index in [1.165, 1.54) is 71.2 Å². The van der Waals surface area contributed by atoms with Crippen LogP contribution in [0.2, 0.25) is 0 Å². The number of aromatic nitrogens is 3. The Morgan fingerprint density at radius 1 is 0.267 bits per heavy atom. The number of fused-ring (bicyclic) bond motifs is 3. The van der Waals surface area contributed by atoms with E-state index in [4.69, 9.17) is 19.4 Å². The molecule has 60 heavy (non-hydrogen) atoms. The van der Waals surface area contributed by atoms with E-state index in [0.717, 1.165) is 60.9 Å². The van der Waals surface area contributed by atoms with E-state index >= 15 is 0 Å². The fourth-order valence-corrected chi connectivity index (χ4v) is 9.35. The summed E-state index contributed by atoms with van der Waals surface area (Å²) in [6.07, 6.45) is 0. The molecule has 274 valence electrons. The van der Waals surface area contributed by atoms with E-state index in [9.17, 15) is 0 Å². The van der Waals surface area contributed by atoms with Gasteiger partial charge in [-0.05, 0) is 27.8 Å². The van der Waals surface area contributed by atoms with Crippen LogP contribution in [0.25, 0.3) is 89.5 Å². The molecular formula is C45H40B11N3O. The Morgan fingerprint density at radius 3 is 1.15 bits per heavy atom. The highest BCUT2D eigenvalue weighted by Gasteiger charge is 2.28. The van der Waals surface area contributed by atoms with Gasteiger partial charge in [-0.2, -0.15) is 0 Å². The SMILES string of the molecule is Bc1c(B)c(B)c(-c2c(B)c(-c3nc(-c4ccccc4)nc(-c4ccc(-c5ccc(-c6ccccc6)cc5)cc4)n3)c(B)c3c2oc2c(B)c(B)c(B)c(B)c23)c(B)c1B. The molecule has 2 aromatic heterocycles. The van der Waals surface area contributed by atoms with E-state index in [1.54, 1.807) is 0 Å². The van der Waals surface area contributed by atoms with Crippen molar-refractivity contribution in [3.8, 4) is 67.5 Å². The summed E-state index contributed by atoms with van der Waals surface area (Å²) in [6.45, 7) is 0. The van der Waals surface area contributed by atoms with E-state index in [2.05, 4.69) is 177 Å². The maximum atomic E-state index is 7.17. The molecule has 9 aromatic rings. The molecule has 0 saturated heterocycles. The zero-order valence-electron chi connectivity index (χ0n) is 36.6. The van der Waals surface area contributed by atoms with E-state index in [-0.39, 0.29) is 0 Å². The molecule has 0 atom stereocenters. The van der Waals surface area contributed by atoms with Crippen LogP contribution in [-0.2, 0) is 0 Å². The second kappa shape index (κ2) is 15.3. The van der Waals surface area contributed by atoms with Gasteiger partial charge in [-0.1, -0.05) is 147 Å². The van der Waals surface area contributed by atoms with Gasteiger partial charge in [-0.3, -0.25) is 0 Å². The van der Waals surface area contributed by atoms with Gasteiger partial charge in [0.05, 0.1) is 0 Å². The lowest BCUT2D eigenvalue weighted by molar-refractivity contribution is 0.673. The molecule has 0 N–H and O–H groups in total. The van der Waals surface area contributed by atoms with Crippen LogP contribution >= 0.6 is 0 Å². The van der Waals surface area contributed by atoms with Gasteiger partial charge in [0, 0.05) is 33.0 Å². The Labute approximate surface area is 362 Å². The van der Waals surface area contributed by atoms with Gasteiger partial charge in [0.25, 0.3) is 0 Å². The highest BCUT2D eigenvalue weighted by molar-refractivity contribution is 6.71. The average molecular weight is 758 g/mol. The molecule has 0 amide bonds. The van der Waals surface area contributed by atoms with Crippen LogP contribution < -0.4 is 60.1 Å². The first-order valence-electron chi connectivity index (χ1n) is 21.0. The normalized spacial score (nSPS) is 11.4. The number of rotatable bonds is 6. The minimum Gasteiger partial charge on any atom is -0.456 e. The first-order chi connectivity index (χ1) is 28.8. The summed E-state index contributed by atoms with van der Waals surface area (Å²) >= 11 is 0. The second-order valence-electron chi connectivity index (χ2n) is 16.7. The van der Waals surface area contributed by atoms with Crippen LogP contribution in [0.1, 0.15) is 0 Å². The smallest absolute Gasteiger partial charge is 0.164 e. The van der Waals surface area contributed by atoms with Crippen LogP contribution in [0, 0.1) is 0 Å². The van der Waals surface area contributed by atoms with Gasteiger partial charge in [0.15, 0.2) is 17.5 Å². The van der Waals surface area contributed by atoms with Crippen molar-refractivity contribution in [2.45, 2.75) is 0 Å². The first-order valence-corrected chi connectivity index (χ1v) is 21.0. The molecule has 0 aliphatic rings. The van der Waals surface area contributed by atoms with Crippen molar-refractivity contribution < 1.29 is 4.42 Å². The molecule has 0 saturated carbocycles. The predicted molar refractivity (Wildman–Crippen MR) is 290 cm³/mol. The van der Waals surface area contributed by atoms with Gasteiger partial charge in [-0.15, -0.1) is 21.9 Å². The third kappa shape index (κ3) is 6.36. The van der Waals surface area contributed by atoms with Crippen molar-refractivity contribution in [3.63, 3.8) is 0 Å². The summed E-state index contributed by atoms with van der Waals surface area (Å²) in [5.74, 6) is 1.93. The zero-order chi connectivity index (χ0) is 42.1. The van der Waals surface area contributed by atoms with Crippen LogP contribution in [0.5, 0.6) is 0 Å². The topological polar surface area (TPSA) is 51.8 Å². The van der Waals surface area contributed by atoms with Crippen LogP contribution in [0.15, 0.2) is 114 Å². The maximum Gasteiger partial charge on any atom is 0.164 e. The molecule has 0 spiro atoms. The predicted octanol–water partition coefficient (Wildman–Crippen LogP) is -7.38. The van der Waals surface area contributed by atoms with Crippen molar-refractivity contribution in [3.05, 3.63) is 109 Å². The third-order valence-corrected chi connectivity index (χ3v) is 13.6. The van der Waals surface area contributed by atoms with E-state index in [0.29, 0.717) is 17.5 Å². The molecule has 7 aromatic carbocycles. The van der Waals surface area contributed by atoms with Crippen molar-refractivity contribution in [1.82, 2.24) is 15.0 Å². The summed E-state index contributed by atoms with van der Waals surface area (Å²) in [7, 11) is 24.6. The van der Waals surface area contributed by atoms with Crippen molar-refractivity contribution >= 4 is 168 Å². The average Bonchev–Trinajstić information content (AvgIpc) is 3.69. The molecule has 0 unspecified atom stereocenters. The second-order valence-corrected chi connectivity index (χ2v) is 16.7. The Bertz CT molecular complexity index is 3170. The molecule has 0 aliphatic carbocycles. The summed E-state index contributed by atoms with van der Waals surface area (Å²) in [6, 6.07) is 38.1. The molecule has 2 heterocycles. The van der Waals surface area contributed by atoms with Crippen molar-refractivity contribution in [2.75, 3.05) is 0 Å². The highest BCUT2D eigenvalue weighted by atomic mass is 16.3. The molecule has 0 fully saturated rings. The minimum atomic E-state index is 0.634. The number of nitrogens with zero attached hydrogens (tertiary/aromatic N) is 3. The molecule has 4 nitrogen and oxygen atoms in total. The zero-order valence-corrected chi connectivity index (χ0v) is 36.6. The maximum absolute atomic E-state index is 7.17. The number of hydrogen-bond donors (Lipinski definition) is 0. The van der Waals surface area contributed by atoms with Gasteiger partial charge in [0.2, 0.25) is 0 Å². The van der Waals surface area contributed by atoms with Gasteiger partial charge in [-0.25, -0.2) is 15.0 Å². The van der Waals surface area contributed by atoms with Gasteiger partial charge in [0.1, 0.15) is 97.5 Å². The minimum absolute atomic E-state index is 0.634. The van der Waals surface area contributed by atoms with Crippen LogP contribution in [0.4, 0.5) is 0 Å². The van der Waals surface area contributed by atoms with E-state index < -0.39 is 0 Å². The monoisotopic (exact) mass is 759 g/mol. The Kier molecular flexibility index (Phi) is 10.1. The Balaban J connectivity index is 1.30. The van der Waals surface area contributed by atoms with Crippen molar-refractivity contribution in [2.24, 2.45) is 0 Å². The lowest BCUT2D eigenvalue weighted by Crippen LogP contribution is -2.55. The fraction of sp³-hybridized carbons (Fsp3) is 0. The standard InChI is InChI=1S/C45H40B11N3O/c46-30-26(25-32(48)35(51)38(54)36(52)33(25)49)41-27(28-34(50)37(53)39(55)40(56)42(28)60-41)31(47)29(30)45-58-43(23-9-5-2-6-10-23)57-44(59-45)24-17-15-22(16-18-24)21-13-11-20(12-14-21)19-7-3-1-4-8-19/h1-18H,46-56H2. The molecule has 0 aliphatic heterocycles. The molecule has 0 radical (unpaired) electrons. The summed E-state index contributed by atoms with van der Waals surface area (Å²) in [5, 5.41) is 2.30. The van der Waals surface area contributed by atoms with Crippen LogP contribution in [-0.4, -0.2) is 101 Å².